The van der Waals surface area contributed by atoms with Gasteiger partial charge in [0.25, 0.3) is 5.91 Å². The first-order chi connectivity index (χ1) is 12.5. The summed E-state index contributed by atoms with van der Waals surface area (Å²) in [7, 11) is 0. The van der Waals surface area contributed by atoms with Crippen LogP contribution in [-0.4, -0.2) is 33.2 Å². The Kier molecular flexibility index (Phi) is 5.01. The van der Waals surface area contributed by atoms with Crippen LogP contribution in [0.1, 0.15) is 41.7 Å². The van der Waals surface area contributed by atoms with Crippen LogP contribution in [-0.2, 0) is 16.1 Å². The summed E-state index contributed by atoms with van der Waals surface area (Å²) in [4.78, 5) is 28.6. The molecule has 8 nitrogen and oxygen atoms in total. The number of hydrogen-bond donors (Lipinski definition) is 1. The molecule has 3 heterocycles. The zero-order valence-corrected chi connectivity index (χ0v) is 14.9. The van der Waals surface area contributed by atoms with E-state index in [-0.39, 0.29) is 19.2 Å². The number of pyridine rings is 1. The number of aryl methyl sites for hydroxylation is 1. The maximum absolute atomic E-state index is 12.3. The summed E-state index contributed by atoms with van der Waals surface area (Å²) in [5, 5.41) is 7.65. The summed E-state index contributed by atoms with van der Waals surface area (Å²) >= 11 is 0. The Morgan fingerprint density at radius 2 is 2.19 bits per heavy atom. The van der Waals surface area contributed by atoms with E-state index in [1.54, 1.807) is 36.0 Å². The lowest BCUT2D eigenvalue weighted by Crippen LogP contribution is -2.28. The van der Waals surface area contributed by atoms with Crippen LogP contribution in [0.4, 0.5) is 0 Å². The lowest BCUT2D eigenvalue weighted by Gasteiger charge is -2.09. The van der Waals surface area contributed by atoms with Crippen molar-refractivity contribution in [2.24, 2.45) is 0 Å². The number of carbonyl (C=O) groups is 2. The molecule has 3 aromatic rings. The lowest BCUT2D eigenvalue weighted by molar-refractivity contribution is -0.124. The molecule has 0 unspecified atom stereocenters. The van der Waals surface area contributed by atoms with Crippen LogP contribution >= 0.6 is 0 Å². The highest BCUT2D eigenvalue weighted by molar-refractivity contribution is 5.95. The molecule has 136 valence electrons. The van der Waals surface area contributed by atoms with Crippen LogP contribution in [0.15, 0.2) is 35.1 Å². The summed E-state index contributed by atoms with van der Waals surface area (Å²) in [5.74, 6) is -0.381. The summed E-state index contributed by atoms with van der Waals surface area (Å²) in [6.07, 6.45) is 3.18. The molecule has 0 radical (unpaired) electrons. The third-order valence-electron chi connectivity index (χ3n) is 3.84. The molecular weight excluding hydrogens is 336 g/mol. The second-order valence-electron chi connectivity index (χ2n) is 6.15. The van der Waals surface area contributed by atoms with Crippen molar-refractivity contribution in [1.29, 1.82) is 0 Å². The first-order valence-electron chi connectivity index (χ1n) is 8.26. The number of ether oxygens (including phenoxy) is 1. The fourth-order valence-corrected chi connectivity index (χ4v) is 2.51. The van der Waals surface area contributed by atoms with E-state index in [4.69, 9.17) is 9.15 Å². The minimum absolute atomic E-state index is 0.162. The Hall–Kier alpha value is -3.16. The van der Waals surface area contributed by atoms with Gasteiger partial charge in [-0.25, -0.2) is 14.5 Å². The van der Waals surface area contributed by atoms with Crippen molar-refractivity contribution in [3.63, 3.8) is 0 Å². The largest absolute Gasteiger partial charge is 0.467 e. The Morgan fingerprint density at radius 1 is 1.38 bits per heavy atom. The molecule has 8 heteroatoms. The van der Waals surface area contributed by atoms with Gasteiger partial charge in [-0.3, -0.25) is 4.79 Å². The fourth-order valence-electron chi connectivity index (χ4n) is 2.51. The van der Waals surface area contributed by atoms with Crippen molar-refractivity contribution in [1.82, 2.24) is 20.1 Å². The standard InChI is InChI=1S/C18H20N4O4/c1-11(2)22-17-13(8-20-22)7-15(12(3)21-17)18(24)26-10-16(23)19-9-14-5-4-6-25-14/h4-8,11H,9-10H2,1-3H3,(H,19,23). The highest BCUT2D eigenvalue weighted by Gasteiger charge is 2.17. The van der Waals surface area contributed by atoms with Gasteiger partial charge in [-0.1, -0.05) is 0 Å². The van der Waals surface area contributed by atoms with Crippen molar-refractivity contribution in [3.05, 3.63) is 47.7 Å². The predicted octanol–water partition coefficient (Wildman–Crippen LogP) is 2.39. The number of carbonyl (C=O) groups excluding carboxylic acids is 2. The molecule has 3 rings (SSSR count). The van der Waals surface area contributed by atoms with E-state index in [0.29, 0.717) is 22.7 Å². The van der Waals surface area contributed by atoms with Crippen LogP contribution in [0, 0.1) is 6.92 Å². The molecule has 1 N–H and O–H groups in total. The number of rotatable bonds is 6. The Bertz CT molecular complexity index is 928. The van der Waals surface area contributed by atoms with E-state index in [1.165, 1.54) is 6.26 Å². The molecule has 0 saturated heterocycles. The fraction of sp³-hybridized carbons (Fsp3) is 0.333. The number of aromatic nitrogens is 3. The quantitative estimate of drug-likeness (QED) is 0.681. The van der Waals surface area contributed by atoms with Gasteiger partial charge in [0.2, 0.25) is 0 Å². The molecule has 0 atom stereocenters. The molecule has 0 aliphatic rings. The van der Waals surface area contributed by atoms with E-state index >= 15 is 0 Å². The topological polar surface area (TPSA) is 99.3 Å². The predicted molar refractivity (Wildman–Crippen MR) is 93.5 cm³/mol. The van der Waals surface area contributed by atoms with Crippen molar-refractivity contribution in [3.8, 4) is 0 Å². The second kappa shape index (κ2) is 7.38. The third-order valence-corrected chi connectivity index (χ3v) is 3.84. The monoisotopic (exact) mass is 356 g/mol. The average molecular weight is 356 g/mol. The van der Waals surface area contributed by atoms with Gasteiger partial charge in [-0.15, -0.1) is 0 Å². The van der Waals surface area contributed by atoms with Gasteiger partial charge in [0.15, 0.2) is 12.3 Å². The maximum atomic E-state index is 12.3. The van der Waals surface area contributed by atoms with Gasteiger partial charge >= 0.3 is 5.97 Å². The van der Waals surface area contributed by atoms with Crippen LogP contribution in [0.2, 0.25) is 0 Å². The smallest absolute Gasteiger partial charge is 0.340 e. The van der Waals surface area contributed by atoms with Gasteiger partial charge in [0.05, 0.1) is 30.3 Å². The minimum Gasteiger partial charge on any atom is -0.467 e. The van der Waals surface area contributed by atoms with Crippen molar-refractivity contribution >= 4 is 22.9 Å². The SMILES string of the molecule is Cc1nc2c(cnn2C(C)C)cc1C(=O)OCC(=O)NCc1ccco1. The normalized spacial score (nSPS) is 11.1. The number of furan rings is 1. The minimum atomic E-state index is -0.595. The van der Waals surface area contributed by atoms with E-state index in [2.05, 4.69) is 15.4 Å². The number of amides is 1. The first kappa shape index (κ1) is 17.7. The van der Waals surface area contributed by atoms with Crippen molar-refractivity contribution in [2.75, 3.05) is 6.61 Å². The van der Waals surface area contributed by atoms with Gasteiger partial charge in [0.1, 0.15) is 5.76 Å². The number of hydrogen-bond acceptors (Lipinski definition) is 6. The van der Waals surface area contributed by atoms with E-state index in [1.807, 2.05) is 13.8 Å². The zero-order valence-electron chi connectivity index (χ0n) is 14.9. The number of nitrogens with one attached hydrogen (secondary N) is 1. The van der Waals surface area contributed by atoms with E-state index in [0.717, 1.165) is 5.39 Å². The molecule has 0 aliphatic heterocycles. The highest BCUT2D eigenvalue weighted by Crippen LogP contribution is 2.19. The van der Waals surface area contributed by atoms with Gasteiger partial charge in [-0.05, 0) is 39.0 Å². The molecule has 0 fully saturated rings. The zero-order chi connectivity index (χ0) is 18.7. The van der Waals surface area contributed by atoms with E-state index < -0.39 is 11.9 Å². The molecule has 1 amide bonds. The maximum Gasteiger partial charge on any atom is 0.340 e. The summed E-state index contributed by atoms with van der Waals surface area (Å²) in [6, 6.07) is 5.32. The molecule has 0 spiro atoms. The van der Waals surface area contributed by atoms with E-state index in [9.17, 15) is 9.59 Å². The Balaban J connectivity index is 1.64. The van der Waals surface area contributed by atoms with Crippen LogP contribution < -0.4 is 5.32 Å². The molecule has 0 saturated carbocycles. The number of fused-ring (bicyclic) bond motifs is 1. The van der Waals surface area contributed by atoms with Crippen LogP contribution in [0.25, 0.3) is 11.0 Å². The molecule has 26 heavy (non-hydrogen) atoms. The van der Waals surface area contributed by atoms with Crippen molar-refractivity contribution in [2.45, 2.75) is 33.4 Å². The lowest BCUT2D eigenvalue weighted by atomic mass is 10.2. The number of nitrogens with zero attached hydrogens (tertiary/aromatic N) is 3. The third kappa shape index (κ3) is 3.74. The summed E-state index contributed by atoms with van der Waals surface area (Å²) in [5.41, 5.74) is 1.56. The highest BCUT2D eigenvalue weighted by atomic mass is 16.5. The molecule has 3 aromatic heterocycles. The van der Waals surface area contributed by atoms with Crippen molar-refractivity contribution < 1.29 is 18.7 Å². The van der Waals surface area contributed by atoms with Gasteiger partial charge < -0.3 is 14.5 Å². The first-order valence-corrected chi connectivity index (χ1v) is 8.26. The van der Waals surface area contributed by atoms with Crippen LogP contribution in [0.5, 0.6) is 0 Å². The molecule has 0 bridgehead atoms. The second-order valence-corrected chi connectivity index (χ2v) is 6.15. The number of esters is 1. The molecule has 0 aromatic carbocycles. The Morgan fingerprint density at radius 3 is 2.88 bits per heavy atom. The van der Waals surface area contributed by atoms with Gasteiger partial charge in [0, 0.05) is 11.4 Å². The average Bonchev–Trinajstić information content (AvgIpc) is 3.26. The molecular formula is C18H20N4O4. The molecule has 0 aliphatic carbocycles. The van der Waals surface area contributed by atoms with Gasteiger partial charge in [-0.2, -0.15) is 5.10 Å². The summed E-state index contributed by atoms with van der Waals surface area (Å²) in [6.45, 7) is 5.61. The Labute approximate surface area is 150 Å². The summed E-state index contributed by atoms with van der Waals surface area (Å²) < 4.78 is 12.0. The van der Waals surface area contributed by atoms with Crippen LogP contribution in [0.3, 0.4) is 0 Å².